The topological polar surface area (TPSA) is 94.4 Å². The molecule has 1 aromatic carbocycles. The zero-order chi connectivity index (χ0) is 16.1. The summed E-state index contributed by atoms with van der Waals surface area (Å²) in [5, 5.41) is 14.0. The number of nitrogens with one attached hydrogen (secondary N) is 1. The third kappa shape index (κ3) is 4.06. The van der Waals surface area contributed by atoms with Crippen molar-refractivity contribution >= 4 is 40.6 Å². The normalized spacial score (nSPS) is 10.1. The maximum absolute atomic E-state index is 11.8. The summed E-state index contributed by atoms with van der Waals surface area (Å²) in [5.41, 5.74) is 0.434. The average molecular weight is 342 g/mol. The van der Waals surface area contributed by atoms with Gasteiger partial charge in [-0.3, -0.25) is 4.79 Å². The molecule has 0 unspecified atom stereocenters. The van der Waals surface area contributed by atoms with E-state index in [1.165, 1.54) is 30.5 Å². The molecule has 1 aromatic heterocycles. The third-order valence-electron chi connectivity index (χ3n) is 2.49. The van der Waals surface area contributed by atoms with Crippen LogP contribution in [0, 0.1) is 10.1 Å². The number of amides is 1. The fourth-order valence-corrected chi connectivity index (χ4v) is 1.84. The first-order chi connectivity index (χ1) is 10.5. The van der Waals surface area contributed by atoms with E-state index >= 15 is 0 Å². The Morgan fingerprint density at radius 3 is 2.77 bits per heavy atom. The first-order valence-corrected chi connectivity index (χ1v) is 6.70. The van der Waals surface area contributed by atoms with Gasteiger partial charge < -0.3 is 20.2 Å². The van der Waals surface area contributed by atoms with E-state index in [0.29, 0.717) is 15.7 Å². The molecule has 1 heterocycles. The highest BCUT2D eigenvalue weighted by atomic mass is 35.5. The highest BCUT2D eigenvalue weighted by molar-refractivity contribution is 6.42. The number of carbonyl (C=O) groups excluding carboxylic acids is 1. The number of rotatable bonds is 5. The predicted octanol–water partition coefficient (Wildman–Crippen LogP) is 3.31. The van der Waals surface area contributed by atoms with Crippen LogP contribution in [-0.4, -0.2) is 22.4 Å². The van der Waals surface area contributed by atoms with Crippen molar-refractivity contribution in [3.05, 3.63) is 56.7 Å². The fraction of sp³-hybridized carbons (Fsp3) is 0.0769. The van der Waals surface area contributed by atoms with E-state index in [9.17, 15) is 14.9 Å². The van der Waals surface area contributed by atoms with Crippen molar-refractivity contribution in [1.29, 1.82) is 0 Å². The lowest BCUT2D eigenvalue weighted by atomic mass is 10.3. The van der Waals surface area contributed by atoms with Gasteiger partial charge in [-0.15, -0.1) is 0 Å². The van der Waals surface area contributed by atoms with Crippen LogP contribution in [0.15, 0.2) is 36.5 Å². The van der Waals surface area contributed by atoms with Crippen molar-refractivity contribution in [2.24, 2.45) is 0 Å². The molecule has 0 radical (unpaired) electrons. The van der Waals surface area contributed by atoms with Crippen LogP contribution in [-0.2, 0) is 4.79 Å². The van der Waals surface area contributed by atoms with Crippen molar-refractivity contribution in [1.82, 2.24) is 4.98 Å². The SMILES string of the molecule is O=C(COc1cccnc1[N+](=O)[O-])Nc1ccc(Cl)c(Cl)c1. The van der Waals surface area contributed by atoms with E-state index < -0.39 is 23.3 Å². The van der Waals surface area contributed by atoms with Gasteiger partial charge in [-0.25, -0.2) is 0 Å². The standard InChI is InChI=1S/C13H9Cl2N3O4/c14-9-4-3-8(6-10(9)15)17-12(19)7-22-11-2-1-5-16-13(11)18(20)21/h1-6H,7H2,(H,17,19). The Balaban J connectivity index is 1.98. The van der Waals surface area contributed by atoms with Crippen LogP contribution in [0.2, 0.25) is 10.0 Å². The van der Waals surface area contributed by atoms with E-state index in [-0.39, 0.29) is 5.75 Å². The summed E-state index contributed by atoms with van der Waals surface area (Å²) in [4.78, 5) is 25.4. The number of nitrogens with zero attached hydrogens (tertiary/aromatic N) is 2. The minimum absolute atomic E-state index is 0.0863. The summed E-state index contributed by atoms with van der Waals surface area (Å²) >= 11 is 11.6. The first kappa shape index (κ1) is 16.0. The second-order valence-corrected chi connectivity index (χ2v) is 4.86. The number of carbonyl (C=O) groups is 1. The Bertz CT molecular complexity index is 724. The van der Waals surface area contributed by atoms with Crippen LogP contribution in [0.4, 0.5) is 11.5 Å². The summed E-state index contributed by atoms with van der Waals surface area (Å²) in [6.07, 6.45) is 1.26. The fourth-order valence-electron chi connectivity index (χ4n) is 1.55. The number of ether oxygens (including phenoxy) is 1. The molecule has 9 heteroatoms. The maximum atomic E-state index is 11.8. The van der Waals surface area contributed by atoms with Crippen LogP contribution in [0.3, 0.4) is 0 Å². The molecular formula is C13H9Cl2N3O4. The van der Waals surface area contributed by atoms with Crippen molar-refractivity contribution in [2.75, 3.05) is 11.9 Å². The number of anilines is 1. The molecule has 2 rings (SSSR count). The predicted molar refractivity (Wildman–Crippen MR) is 81.5 cm³/mol. The van der Waals surface area contributed by atoms with Gasteiger partial charge in [0.1, 0.15) is 6.20 Å². The van der Waals surface area contributed by atoms with Crippen LogP contribution < -0.4 is 10.1 Å². The molecule has 1 N–H and O–H groups in total. The van der Waals surface area contributed by atoms with E-state index in [0.717, 1.165) is 0 Å². The molecule has 1 amide bonds. The van der Waals surface area contributed by atoms with E-state index in [1.807, 2.05) is 0 Å². The number of aromatic nitrogens is 1. The van der Waals surface area contributed by atoms with Crippen molar-refractivity contribution in [3.8, 4) is 5.75 Å². The molecule has 0 bridgehead atoms. The lowest BCUT2D eigenvalue weighted by Gasteiger charge is -2.08. The molecule has 0 aliphatic rings. The Kier molecular flexibility index (Phi) is 5.13. The highest BCUT2D eigenvalue weighted by Crippen LogP contribution is 2.25. The molecular weight excluding hydrogens is 333 g/mol. The largest absolute Gasteiger partial charge is 0.476 e. The van der Waals surface area contributed by atoms with Crippen LogP contribution in [0.5, 0.6) is 5.75 Å². The van der Waals surface area contributed by atoms with Gasteiger partial charge in [-0.05, 0) is 40.2 Å². The second kappa shape index (κ2) is 7.06. The van der Waals surface area contributed by atoms with Crippen LogP contribution >= 0.6 is 23.2 Å². The smallest absolute Gasteiger partial charge is 0.406 e. The van der Waals surface area contributed by atoms with Crippen LogP contribution in [0.1, 0.15) is 0 Å². The van der Waals surface area contributed by atoms with Crippen molar-refractivity contribution in [3.63, 3.8) is 0 Å². The molecule has 7 nitrogen and oxygen atoms in total. The number of hydrogen-bond donors (Lipinski definition) is 1. The molecule has 0 aliphatic carbocycles. The molecule has 22 heavy (non-hydrogen) atoms. The summed E-state index contributed by atoms with van der Waals surface area (Å²) < 4.78 is 5.11. The zero-order valence-corrected chi connectivity index (χ0v) is 12.5. The quantitative estimate of drug-likeness (QED) is 0.664. The number of halogens is 2. The van der Waals surface area contributed by atoms with Gasteiger partial charge in [0.15, 0.2) is 6.61 Å². The molecule has 2 aromatic rings. The molecule has 0 saturated carbocycles. The van der Waals surface area contributed by atoms with Gasteiger partial charge >= 0.3 is 5.82 Å². The van der Waals surface area contributed by atoms with E-state index in [2.05, 4.69) is 10.3 Å². The van der Waals surface area contributed by atoms with Gasteiger partial charge in [-0.2, -0.15) is 0 Å². The molecule has 0 fully saturated rings. The van der Waals surface area contributed by atoms with Gasteiger partial charge in [0.05, 0.1) is 10.0 Å². The van der Waals surface area contributed by atoms with Gasteiger partial charge in [-0.1, -0.05) is 23.2 Å². The van der Waals surface area contributed by atoms with Crippen molar-refractivity contribution in [2.45, 2.75) is 0 Å². The second-order valence-electron chi connectivity index (χ2n) is 4.05. The number of hydrogen-bond acceptors (Lipinski definition) is 5. The van der Waals surface area contributed by atoms with Crippen molar-refractivity contribution < 1.29 is 14.5 Å². The zero-order valence-electron chi connectivity index (χ0n) is 11.0. The minimum atomic E-state index is -0.688. The Hall–Kier alpha value is -2.38. The lowest BCUT2D eigenvalue weighted by Crippen LogP contribution is -2.20. The Morgan fingerprint density at radius 2 is 2.09 bits per heavy atom. The monoisotopic (exact) mass is 341 g/mol. The lowest BCUT2D eigenvalue weighted by molar-refractivity contribution is -0.390. The third-order valence-corrected chi connectivity index (χ3v) is 3.22. The molecule has 0 aliphatic heterocycles. The summed E-state index contributed by atoms with van der Waals surface area (Å²) in [7, 11) is 0. The number of nitro groups is 1. The molecule has 0 atom stereocenters. The van der Waals surface area contributed by atoms with E-state index in [1.54, 1.807) is 6.07 Å². The number of benzene rings is 1. The molecule has 0 spiro atoms. The van der Waals surface area contributed by atoms with E-state index in [4.69, 9.17) is 27.9 Å². The average Bonchev–Trinajstić information content (AvgIpc) is 2.49. The number of pyridine rings is 1. The Labute approximate surface area is 135 Å². The molecule has 114 valence electrons. The first-order valence-electron chi connectivity index (χ1n) is 5.94. The highest BCUT2D eigenvalue weighted by Gasteiger charge is 2.16. The summed E-state index contributed by atoms with van der Waals surface area (Å²) in [6, 6.07) is 7.41. The van der Waals surface area contributed by atoms with Crippen LogP contribution in [0.25, 0.3) is 0 Å². The summed E-state index contributed by atoms with van der Waals surface area (Å²) in [6.45, 7) is -0.410. The van der Waals surface area contributed by atoms with Gasteiger partial charge in [0.2, 0.25) is 5.75 Å². The van der Waals surface area contributed by atoms with Gasteiger partial charge in [0, 0.05) is 5.69 Å². The van der Waals surface area contributed by atoms with Gasteiger partial charge in [0.25, 0.3) is 5.91 Å². The summed E-state index contributed by atoms with van der Waals surface area (Å²) in [5.74, 6) is -1.04. The molecule has 0 saturated heterocycles. The minimum Gasteiger partial charge on any atom is -0.476 e. The maximum Gasteiger partial charge on any atom is 0.406 e. The Morgan fingerprint density at radius 1 is 1.32 bits per heavy atom.